The van der Waals surface area contributed by atoms with Gasteiger partial charge in [-0.3, -0.25) is 0 Å². The molecule has 1 aliphatic carbocycles. The van der Waals surface area contributed by atoms with Crippen LogP contribution in [0.4, 0.5) is 5.69 Å². The molecule has 0 radical (unpaired) electrons. The zero-order valence-corrected chi connectivity index (χ0v) is 13.7. The SMILES string of the molecule is CNS(=O)(=O)c1cc(N)ccc1OC1CCC(C)(C)CC1. The first-order valence-corrected chi connectivity index (χ1v) is 8.71. The van der Waals surface area contributed by atoms with Gasteiger partial charge in [-0.05, 0) is 56.3 Å². The average Bonchev–Trinajstić information content (AvgIpc) is 2.43. The van der Waals surface area contributed by atoms with Crippen LogP contribution in [0.15, 0.2) is 23.1 Å². The lowest BCUT2D eigenvalue weighted by Crippen LogP contribution is -2.29. The van der Waals surface area contributed by atoms with Crippen molar-refractivity contribution in [2.24, 2.45) is 5.41 Å². The number of ether oxygens (including phenoxy) is 1. The fourth-order valence-electron chi connectivity index (χ4n) is 2.61. The molecular formula is C15H24N2O3S. The first-order chi connectivity index (χ1) is 9.73. The van der Waals surface area contributed by atoms with E-state index in [1.54, 1.807) is 12.1 Å². The maximum atomic E-state index is 12.1. The van der Waals surface area contributed by atoms with Crippen LogP contribution in [0.1, 0.15) is 39.5 Å². The van der Waals surface area contributed by atoms with Crippen molar-refractivity contribution in [2.75, 3.05) is 12.8 Å². The molecule has 0 aromatic heterocycles. The largest absolute Gasteiger partial charge is 0.489 e. The number of hydrogen-bond acceptors (Lipinski definition) is 4. The second kappa shape index (κ2) is 5.85. The predicted octanol–water partition coefficient (Wildman–Crippen LogP) is 2.52. The summed E-state index contributed by atoms with van der Waals surface area (Å²) in [6.45, 7) is 4.51. The molecule has 3 N–H and O–H groups in total. The Morgan fingerprint density at radius 1 is 1.29 bits per heavy atom. The van der Waals surface area contributed by atoms with Crippen LogP contribution in [0.25, 0.3) is 0 Å². The van der Waals surface area contributed by atoms with Crippen LogP contribution in [0.5, 0.6) is 5.75 Å². The van der Waals surface area contributed by atoms with E-state index in [0.29, 0.717) is 16.9 Å². The standard InChI is InChI=1S/C15H24N2O3S/c1-15(2)8-6-12(7-9-15)20-13-5-4-11(16)10-14(13)21(18,19)17-3/h4-5,10,12,17H,6-9,16H2,1-3H3. The lowest BCUT2D eigenvalue weighted by Gasteiger charge is -2.34. The van der Waals surface area contributed by atoms with E-state index in [4.69, 9.17) is 10.5 Å². The lowest BCUT2D eigenvalue weighted by atomic mass is 9.76. The smallest absolute Gasteiger partial charge is 0.244 e. The van der Waals surface area contributed by atoms with Crippen molar-refractivity contribution in [3.8, 4) is 5.75 Å². The van der Waals surface area contributed by atoms with Gasteiger partial charge in [0.1, 0.15) is 10.6 Å². The van der Waals surface area contributed by atoms with Crippen LogP contribution in [0.2, 0.25) is 0 Å². The van der Waals surface area contributed by atoms with Gasteiger partial charge in [-0.1, -0.05) is 13.8 Å². The molecule has 0 unspecified atom stereocenters. The van der Waals surface area contributed by atoms with E-state index in [1.165, 1.54) is 13.1 Å². The van der Waals surface area contributed by atoms with Gasteiger partial charge in [0.15, 0.2) is 0 Å². The normalized spacial score (nSPS) is 19.4. The molecule has 5 nitrogen and oxygen atoms in total. The van der Waals surface area contributed by atoms with E-state index in [1.807, 2.05) is 0 Å². The molecular weight excluding hydrogens is 288 g/mol. The van der Waals surface area contributed by atoms with Gasteiger partial charge < -0.3 is 10.5 Å². The summed E-state index contributed by atoms with van der Waals surface area (Å²) in [7, 11) is -2.20. The molecule has 1 fully saturated rings. The van der Waals surface area contributed by atoms with E-state index >= 15 is 0 Å². The summed E-state index contributed by atoms with van der Waals surface area (Å²) < 4.78 is 32.4. The second-order valence-electron chi connectivity index (χ2n) is 6.40. The molecule has 6 heteroatoms. The Kier molecular flexibility index (Phi) is 4.49. The predicted molar refractivity (Wildman–Crippen MR) is 83.8 cm³/mol. The van der Waals surface area contributed by atoms with E-state index < -0.39 is 10.0 Å². The number of hydrogen-bond donors (Lipinski definition) is 2. The van der Waals surface area contributed by atoms with Crippen LogP contribution in [0, 0.1) is 5.41 Å². The quantitative estimate of drug-likeness (QED) is 0.837. The molecule has 21 heavy (non-hydrogen) atoms. The number of nitrogens with one attached hydrogen (secondary N) is 1. The first-order valence-electron chi connectivity index (χ1n) is 7.23. The number of nitrogens with two attached hydrogens (primary N) is 1. The topological polar surface area (TPSA) is 81.4 Å². The Labute approximate surface area is 126 Å². The van der Waals surface area contributed by atoms with Crippen molar-refractivity contribution in [2.45, 2.75) is 50.5 Å². The van der Waals surface area contributed by atoms with Crippen molar-refractivity contribution in [3.05, 3.63) is 18.2 Å². The molecule has 1 aromatic carbocycles. The summed E-state index contributed by atoms with van der Waals surface area (Å²) in [6, 6.07) is 4.74. The Balaban J connectivity index is 2.21. The first kappa shape index (κ1) is 16.1. The van der Waals surface area contributed by atoms with Crippen molar-refractivity contribution in [1.29, 1.82) is 0 Å². The molecule has 0 amide bonds. The van der Waals surface area contributed by atoms with Gasteiger partial charge in [-0.15, -0.1) is 0 Å². The molecule has 118 valence electrons. The summed E-state index contributed by atoms with van der Waals surface area (Å²) in [5.41, 5.74) is 6.45. The van der Waals surface area contributed by atoms with Gasteiger partial charge >= 0.3 is 0 Å². The maximum absolute atomic E-state index is 12.1. The molecule has 0 saturated heterocycles. The van der Waals surface area contributed by atoms with Crippen molar-refractivity contribution >= 4 is 15.7 Å². The fourth-order valence-corrected chi connectivity index (χ4v) is 3.50. The summed E-state index contributed by atoms with van der Waals surface area (Å²) >= 11 is 0. The Bertz CT molecular complexity index is 601. The Morgan fingerprint density at radius 2 is 1.90 bits per heavy atom. The number of benzene rings is 1. The number of sulfonamides is 1. The highest BCUT2D eigenvalue weighted by atomic mass is 32.2. The van der Waals surface area contributed by atoms with Gasteiger partial charge in [0.25, 0.3) is 0 Å². The van der Waals surface area contributed by atoms with Gasteiger partial charge in [-0.25, -0.2) is 13.1 Å². The van der Waals surface area contributed by atoms with Crippen LogP contribution in [-0.2, 0) is 10.0 Å². The molecule has 1 aliphatic rings. The molecule has 0 aliphatic heterocycles. The van der Waals surface area contributed by atoms with Crippen LogP contribution in [0.3, 0.4) is 0 Å². The van der Waals surface area contributed by atoms with E-state index in [9.17, 15) is 8.42 Å². The molecule has 0 atom stereocenters. The van der Waals surface area contributed by atoms with Crippen molar-refractivity contribution < 1.29 is 13.2 Å². The van der Waals surface area contributed by atoms with Crippen molar-refractivity contribution in [3.63, 3.8) is 0 Å². The minimum Gasteiger partial charge on any atom is -0.489 e. The average molecular weight is 312 g/mol. The Hall–Kier alpha value is -1.27. The highest BCUT2D eigenvalue weighted by Crippen LogP contribution is 2.37. The minimum atomic E-state index is -3.58. The maximum Gasteiger partial charge on any atom is 0.244 e. The van der Waals surface area contributed by atoms with Gasteiger partial charge in [0.05, 0.1) is 6.10 Å². The molecule has 0 heterocycles. The van der Waals surface area contributed by atoms with Crippen LogP contribution < -0.4 is 15.2 Å². The monoisotopic (exact) mass is 312 g/mol. The highest BCUT2D eigenvalue weighted by Gasteiger charge is 2.29. The highest BCUT2D eigenvalue weighted by molar-refractivity contribution is 7.89. The van der Waals surface area contributed by atoms with E-state index in [0.717, 1.165) is 25.7 Å². The molecule has 0 spiro atoms. The molecule has 2 rings (SSSR count). The minimum absolute atomic E-state index is 0.0625. The summed E-state index contributed by atoms with van der Waals surface area (Å²) in [5, 5.41) is 0. The van der Waals surface area contributed by atoms with E-state index in [-0.39, 0.29) is 11.0 Å². The number of nitrogen functional groups attached to an aromatic ring is 1. The van der Waals surface area contributed by atoms with Gasteiger partial charge in [-0.2, -0.15) is 0 Å². The Morgan fingerprint density at radius 3 is 2.48 bits per heavy atom. The van der Waals surface area contributed by atoms with Crippen LogP contribution >= 0.6 is 0 Å². The number of anilines is 1. The summed E-state index contributed by atoms with van der Waals surface area (Å²) in [6.07, 6.45) is 4.11. The third-order valence-electron chi connectivity index (χ3n) is 4.11. The lowest BCUT2D eigenvalue weighted by molar-refractivity contribution is 0.0963. The van der Waals surface area contributed by atoms with Crippen molar-refractivity contribution in [1.82, 2.24) is 4.72 Å². The third kappa shape index (κ3) is 3.89. The zero-order valence-electron chi connectivity index (χ0n) is 12.8. The van der Waals surface area contributed by atoms with Crippen LogP contribution in [-0.4, -0.2) is 21.6 Å². The fraction of sp³-hybridized carbons (Fsp3) is 0.600. The van der Waals surface area contributed by atoms with E-state index in [2.05, 4.69) is 18.6 Å². The molecule has 1 aromatic rings. The summed E-state index contributed by atoms with van der Waals surface area (Å²) in [5.74, 6) is 0.378. The van der Waals surface area contributed by atoms with Gasteiger partial charge in [0.2, 0.25) is 10.0 Å². The molecule has 0 bridgehead atoms. The zero-order chi connectivity index (χ0) is 15.7. The molecule has 1 saturated carbocycles. The second-order valence-corrected chi connectivity index (χ2v) is 8.25. The summed E-state index contributed by atoms with van der Waals surface area (Å²) in [4.78, 5) is 0.106. The van der Waals surface area contributed by atoms with Gasteiger partial charge in [0, 0.05) is 5.69 Å². The number of rotatable bonds is 4. The third-order valence-corrected chi connectivity index (χ3v) is 5.54.